The van der Waals surface area contributed by atoms with E-state index in [2.05, 4.69) is 4.74 Å². The molecule has 0 aliphatic carbocycles. The molecular formula is C7H11NO4. The lowest BCUT2D eigenvalue weighted by Gasteiger charge is -2.35. The van der Waals surface area contributed by atoms with Gasteiger partial charge in [-0.15, -0.1) is 0 Å². The molecule has 1 aliphatic rings. The highest BCUT2D eigenvalue weighted by Gasteiger charge is 2.50. The summed E-state index contributed by atoms with van der Waals surface area (Å²) in [6.45, 7) is 1.80. The second-order valence-electron chi connectivity index (χ2n) is 2.79. The van der Waals surface area contributed by atoms with E-state index in [0.717, 1.165) is 0 Å². The van der Waals surface area contributed by atoms with Crippen LogP contribution in [0.2, 0.25) is 0 Å². The third kappa shape index (κ3) is 1.27. The van der Waals surface area contributed by atoms with Crippen LogP contribution in [-0.2, 0) is 14.3 Å². The van der Waals surface area contributed by atoms with Crippen LogP contribution in [-0.4, -0.2) is 29.2 Å². The number of carboxylic acids is 1. The summed E-state index contributed by atoms with van der Waals surface area (Å²) in [4.78, 5) is 21.2. The maximum atomic E-state index is 10.8. The zero-order valence-corrected chi connectivity index (χ0v) is 6.69. The standard InChI is InChI=1S/C7H11NO4/c1-2-3(8)4-5(6(9)10)12-7(4)11/h3-5H,2,8H2,1H3,(H,9,10)/t3-,4?,5+/m0/s1. The Hall–Kier alpha value is -1.10. The molecule has 3 N–H and O–H groups in total. The van der Waals surface area contributed by atoms with E-state index in [9.17, 15) is 9.59 Å². The Morgan fingerprint density at radius 2 is 2.42 bits per heavy atom. The minimum absolute atomic E-state index is 0.410. The van der Waals surface area contributed by atoms with E-state index in [1.165, 1.54) is 0 Å². The number of rotatable bonds is 3. The summed E-state index contributed by atoms with van der Waals surface area (Å²) in [7, 11) is 0. The molecule has 0 saturated carbocycles. The van der Waals surface area contributed by atoms with Crippen LogP contribution in [0.3, 0.4) is 0 Å². The fourth-order valence-electron chi connectivity index (χ4n) is 1.19. The zero-order chi connectivity index (χ0) is 9.30. The van der Waals surface area contributed by atoms with Gasteiger partial charge in [-0.3, -0.25) is 4.79 Å². The summed E-state index contributed by atoms with van der Waals surface area (Å²) in [5, 5.41) is 8.53. The van der Waals surface area contributed by atoms with E-state index in [1.54, 1.807) is 6.92 Å². The van der Waals surface area contributed by atoms with Crippen molar-refractivity contribution in [2.24, 2.45) is 11.7 Å². The van der Waals surface area contributed by atoms with Crippen molar-refractivity contribution in [3.8, 4) is 0 Å². The van der Waals surface area contributed by atoms with E-state index in [4.69, 9.17) is 10.8 Å². The van der Waals surface area contributed by atoms with E-state index in [-0.39, 0.29) is 0 Å². The molecule has 1 saturated heterocycles. The van der Waals surface area contributed by atoms with Crippen molar-refractivity contribution in [1.29, 1.82) is 0 Å². The Kier molecular flexibility index (Phi) is 2.32. The average Bonchev–Trinajstić information content (AvgIpc) is 1.99. The molecule has 5 heteroatoms. The molecular weight excluding hydrogens is 162 g/mol. The molecule has 0 amide bonds. The van der Waals surface area contributed by atoms with Crippen LogP contribution in [0.15, 0.2) is 0 Å². The van der Waals surface area contributed by atoms with Gasteiger partial charge in [-0.25, -0.2) is 4.79 Å². The van der Waals surface area contributed by atoms with E-state index in [0.29, 0.717) is 6.42 Å². The van der Waals surface area contributed by atoms with E-state index in [1.807, 2.05) is 0 Å². The fourth-order valence-corrected chi connectivity index (χ4v) is 1.19. The number of nitrogens with two attached hydrogens (primary N) is 1. The van der Waals surface area contributed by atoms with Crippen molar-refractivity contribution >= 4 is 11.9 Å². The van der Waals surface area contributed by atoms with Crippen LogP contribution < -0.4 is 5.73 Å². The molecule has 12 heavy (non-hydrogen) atoms. The summed E-state index contributed by atoms with van der Waals surface area (Å²) in [6.07, 6.45) is -0.462. The summed E-state index contributed by atoms with van der Waals surface area (Å²) >= 11 is 0. The first kappa shape index (κ1) is 8.99. The molecule has 0 aromatic rings. The molecule has 0 radical (unpaired) electrons. The molecule has 68 valence electrons. The van der Waals surface area contributed by atoms with Gasteiger partial charge < -0.3 is 15.6 Å². The molecule has 5 nitrogen and oxygen atoms in total. The number of carbonyl (C=O) groups excluding carboxylic acids is 1. The summed E-state index contributed by atoms with van der Waals surface area (Å²) in [5.74, 6) is -2.28. The van der Waals surface area contributed by atoms with Gasteiger partial charge >= 0.3 is 11.9 Å². The molecule has 3 atom stereocenters. The monoisotopic (exact) mass is 173 g/mol. The van der Waals surface area contributed by atoms with Gasteiger partial charge in [0, 0.05) is 6.04 Å². The summed E-state index contributed by atoms with van der Waals surface area (Å²) in [5.41, 5.74) is 5.53. The zero-order valence-electron chi connectivity index (χ0n) is 6.69. The normalized spacial score (nSPS) is 30.3. The topological polar surface area (TPSA) is 89.6 Å². The predicted molar refractivity (Wildman–Crippen MR) is 39.3 cm³/mol. The second-order valence-corrected chi connectivity index (χ2v) is 2.79. The number of ether oxygens (including phenoxy) is 1. The number of carbonyl (C=O) groups is 2. The number of hydrogen-bond donors (Lipinski definition) is 2. The molecule has 0 spiro atoms. The van der Waals surface area contributed by atoms with Crippen LogP contribution in [0.4, 0.5) is 0 Å². The van der Waals surface area contributed by atoms with Gasteiger partial charge in [-0.05, 0) is 6.42 Å². The summed E-state index contributed by atoms with van der Waals surface area (Å²) in [6, 6.07) is -0.410. The molecule has 1 heterocycles. The molecule has 1 fully saturated rings. The highest BCUT2D eigenvalue weighted by Crippen LogP contribution is 2.26. The SMILES string of the molecule is CC[C@H](N)C1C(=O)O[C@H]1C(=O)O. The van der Waals surface area contributed by atoms with Crippen LogP contribution in [0.5, 0.6) is 0 Å². The Morgan fingerprint density at radius 3 is 2.75 bits per heavy atom. The quantitative estimate of drug-likeness (QED) is 0.553. The first-order valence-electron chi connectivity index (χ1n) is 3.76. The fraction of sp³-hybridized carbons (Fsp3) is 0.714. The number of aliphatic carboxylic acids is 1. The van der Waals surface area contributed by atoms with Gasteiger partial charge in [0.1, 0.15) is 5.92 Å². The predicted octanol–water partition coefficient (Wildman–Crippen LogP) is -0.650. The van der Waals surface area contributed by atoms with Crippen molar-refractivity contribution in [3.63, 3.8) is 0 Å². The largest absolute Gasteiger partial charge is 0.478 e. The van der Waals surface area contributed by atoms with Gasteiger partial charge in [0.25, 0.3) is 0 Å². The van der Waals surface area contributed by atoms with Crippen molar-refractivity contribution in [1.82, 2.24) is 0 Å². The van der Waals surface area contributed by atoms with Crippen molar-refractivity contribution in [3.05, 3.63) is 0 Å². The minimum atomic E-state index is -1.12. The second kappa shape index (κ2) is 3.10. The average molecular weight is 173 g/mol. The third-order valence-electron chi connectivity index (χ3n) is 2.02. The van der Waals surface area contributed by atoms with Crippen LogP contribution >= 0.6 is 0 Å². The lowest BCUT2D eigenvalue weighted by Crippen LogP contribution is -2.57. The Balaban J connectivity index is 2.61. The lowest BCUT2D eigenvalue weighted by molar-refractivity contribution is -0.197. The molecule has 0 bridgehead atoms. The highest BCUT2D eigenvalue weighted by atomic mass is 16.6. The van der Waals surface area contributed by atoms with Crippen molar-refractivity contribution in [2.45, 2.75) is 25.5 Å². The number of carboxylic acid groups (broad SMARTS) is 1. The van der Waals surface area contributed by atoms with Crippen LogP contribution in [0.25, 0.3) is 0 Å². The smallest absolute Gasteiger partial charge is 0.346 e. The van der Waals surface area contributed by atoms with Crippen molar-refractivity contribution in [2.75, 3.05) is 0 Å². The molecule has 0 aromatic heterocycles. The summed E-state index contributed by atoms with van der Waals surface area (Å²) < 4.78 is 4.42. The first-order chi connectivity index (χ1) is 5.57. The maximum absolute atomic E-state index is 10.8. The number of hydrogen-bond acceptors (Lipinski definition) is 4. The molecule has 1 aliphatic heterocycles. The van der Waals surface area contributed by atoms with Gasteiger partial charge in [0.2, 0.25) is 6.10 Å². The van der Waals surface area contributed by atoms with Gasteiger partial charge in [0.15, 0.2) is 0 Å². The van der Waals surface area contributed by atoms with Crippen molar-refractivity contribution < 1.29 is 19.4 Å². The van der Waals surface area contributed by atoms with Gasteiger partial charge in [-0.2, -0.15) is 0 Å². The molecule has 1 rings (SSSR count). The number of esters is 1. The molecule has 0 aromatic carbocycles. The minimum Gasteiger partial charge on any atom is -0.478 e. The van der Waals surface area contributed by atoms with Crippen LogP contribution in [0.1, 0.15) is 13.3 Å². The van der Waals surface area contributed by atoms with Crippen LogP contribution in [0, 0.1) is 5.92 Å². The molecule has 1 unspecified atom stereocenters. The Labute approximate surface area is 69.5 Å². The van der Waals surface area contributed by atoms with E-state index < -0.39 is 30.0 Å². The van der Waals surface area contributed by atoms with Gasteiger partial charge in [-0.1, -0.05) is 6.92 Å². The lowest BCUT2D eigenvalue weighted by atomic mass is 9.88. The maximum Gasteiger partial charge on any atom is 0.346 e. The first-order valence-corrected chi connectivity index (χ1v) is 3.76. The van der Waals surface area contributed by atoms with Gasteiger partial charge in [0.05, 0.1) is 0 Å². The van der Waals surface area contributed by atoms with E-state index >= 15 is 0 Å². The highest BCUT2D eigenvalue weighted by molar-refractivity contribution is 5.91. The number of cyclic esters (lactones) is 1. The Morgan fingerprint density at radius 1 is 1.83 bits per heavy atom. The Bertz CT molecular complexity index is 215. The third-order valence-corrected chi connectivity index (χ3v) is 2.02.